The first-order valence-corrected chi connectivity index (χ1v) is 7.90. The number of carboxylic acid groups (broad SMARTS) is 1. The zero-order valence-corrected chi connectivity index (χ0v) is 12.9. The topological polar surface area (TPSA) is 74.7 Å². The van der Waals surface area contributed by atoms with Crippen LogP contribution in [0.25, 0.3) is 0 Å². The van der Waals surface area contributed by atoms with Gasteiger partial charge in [0.05, 0.1) is 5.56 Å². The molecular formula is C13H15ClFNO4S. The van der Waals surface area contributed by atoms with E-state index < -0.39 is 32.3 Å². The highest BCUT2D eigenvalue weighted by Crippen LogP contribution is 2.26. The first kappa shape index (κ1) is 17.6. The Labute approximate surface area is 127 Å². The van der Waals surface area contributed by atoms with Crippen molar-refractivity contribution in [3.63, 3.8) is 0 Å². The zero-order chi connectivity index (χ0) is 16.2. The summed E-state index contributed by atoms with van der Waals surface area (Å²) in [6.07, 6.45) is 1.88. The first-order chi connectivity index (χ1) is 9.75. The van der Waals surface area contributed by atoms with E-state index in [1.807, 2.05) is 0 Å². The smallest absolute Gasteiger partial charge is 0.338 e. The van der Waals surface area contributed by atoms with E-state index in [1.54, 1.807) is 6.92 Å². The summed E-state index contributed by atoms with van der Waals surface area (Å²) in [5.41, 5.74) is -0.781. The molecule has 0 saturated heterocycles. The molecule has 0 atom stereocenters. The summed E-state index contributed by atoms with van der Waals surface area (Å²) in [6.45, 7) is 5.37. The van der Waals surface area contributed by atoms with Crippen molar-refractivity contribution in [1.82, 2.24) is 4.31 Å². The Morgan fingerprint density at radius 2 is 2.14 bits per heavy atom. The molecule has 0 bridgehead atoms. The van der Waals surface area contributed by atoms with Crippen LogP contribution in [0.5, 0.6) is 0 Å². The third-order valence-corrected chi connectivity index (χ3v) is 4.74. The van der Waals surface area contributed by atoms with Crippen LogP contribution in [0.1, 0.15) is 23.7 Å². The van der Waals surface area contributed by atoms with Crippen LogP contribution in [0.2, 0.25) is 5.02 Å². The molecule has 0 spiro atoms. The highest BCUT2D eigenvalue weighted by molar-refractivity contribution is 7.89. The van der Waals surface area contributed by atoms with Crippen LogP contribution in [-0.4, -0.2) is 36.9 Å². The highest BCUT2D eigenvalue weighted by Gasteiger charge is 2.29. The van der Waals surface area contributed by atoms with Gasteiger partial charge >= 0.3 is 5.97 Å². The Morgan fingerprint density at radius 1 is 1.52 bits per heavy atom. The number of carboxylic acids is 1. The van der Waals surface area contributed by atoms with Crippen LogP contribution in [0, 0.1) is 5.82 Å². The maximum atomic E-state index is 14.2. The lowest BCUT2D eigenvalue weighted by atomic mass is 10.2. The number of sulfonamides is 1. The number of hydrogen-bond acceptors (Lipinski definition) is 3. The third-order valence-electron chi connectivity index (χ3n) is 2.66. The number of carbonyl (C=O) groups is 1. The molecular weight excluding hydrogens is 321 g/mol. The van der Waals surface area contributed by atoms with E-state index in [0.717, 1.165) is 16.4 Å². The zero-order valence-electron chi connectivity index (χ0n) is 11.3. The monoisotopic (exact) mass is 335 g/mol. The molecule has 0 amide bonds. The van der Waals surface area contributed by atoms with Crippen molar-refractivity contribution >= 4 is 27.6 Å². The molecule has 0 heterocycles. The van der Waals surface area contributed by atoms with Gasteiger partial charge in [0.25, 0.3) is 0 Å². The van der Waals surface area contributed by atoms with Gasteiger partial charge in [-0.3, -0.25) is 0 Å². The summed E-state index contributed by atoms with van der Waals surface area (Å²) in [7, 11) is -4.20. The fourth-order valence-corrected chi connectivity index (χ4v) is 3.65. The summed E-state index contributed by atoms with van der Waals surface area (Å²) in [5.74, 6) is -2.91. The second-order valence-electron chi connectivity index (χ2n) is 4.22. The van der Waals surface area contributed by atoms with Gasteiger partial charge < -0.3 is 5.11 Å². The second-order valence-corrected chi connectivity index (χ2v) is 6.57. The minimum Gasteiger partial charge on any atom is -0.478 e. The second kappa shape index (κ2) is 7.02. The van der Waals surface area contributed by atoms with Crippen LogP contribution in [0.15, 0.2) is 29.7 Å². The van der Waals surface area contributed by atoms with Crippen molar-refractivity contribution in [2.24, 2.45) is 0 Å². The molecule has 0 fully saturated rings. The average molecular weight is 336 g/mol. The molecule has 0 aliphatic carbocycles. The molecule has 1 aromatic carbocycles. The molecule has 1 aromatic rings. The van der Waals surface area contributed by atoms with Crippen LogP contribution in [0.4, 0.5) is 4.39 Å². The van der Waals surface area contributed by atoms with E-state index in [2.05, 4.69) is 6.58 Å². The van der Waals surface area contributed by atoms with E-state index in [0.29, 0.717) is 6.42 Å². The summed E-state index contributed by atoms with van der Waals surface area (Å²) in [6, 6.07) is 1.78. The van der Waals surface area contributed by atoms with Crippen molar-refractivity contribution in [3.8, 4) is 0 Å². The molecule has 8 heteroatoms. The predicted molar refractivity (Wildman–Crippen MR) is 77.6 cm³/mol. The van der Waals surface area contributed by atoms with Crippen molar-refractivity contribution in [2.45, 2.75) is 18.2 Å². The Kier molecular flexibility index (Phi) is 5.88. The molecule has 1 rings (SSSR count). The van der Waals surface area contributed by atoms with Gasteiger partial charge in [-0.1, -0.05) is 24.6 Å². The largest absolute Gasteiger partial charge is 0.478 e. The highest BCUT2D eigenvalue weighted by atomic mass is 35.5. The Hall–Kier alpha value is -1.44. The first-order valence-electron chi connectivity index (χ1n) is 6.09. The van der Waals surface area contributed by atoms with Gasteiger partial charge in [-0.15, -0.1) is 6.58 Å². The fourth-order valence-electron chi connectivity index (χ4n) is 1.75. The van der Waals surface area contributed by atoms with E-state index in [4.69, 9.17) is 16.7 Å². The predicted octanol–water partition coefficient (Wildman–Crippen LogP) is 2.76. The Bertz CT molecular complexity index is 660. The summed E-state index contributed by atoms with van der Waals surface area (Å²) in [4.78, 5) is 10.2. The van der Waals surface area contributed by atoms with Gasteiger partial charge in [-0.2, -0.15) is 4.31 Å². The molecule has 0 aliphatic rings. The van der Waals surface area contributed by atoms with Crippen molar-refractivity contribution in [2.75, 3.05) is 13.1 Å². The molecule has 21 heavy (non-hydrogen) atoms. The number of aromatic carboxylic acids is 1. The van der Waals surface area contributed by atoms with Crippen LogP contribution in [-0.2, 0) is 10.0 Å². The summed E-state index contributed by atoms with van der Waals surface area (Å²) in [5, 5.41) is 8.74. The van der Waals surface area contributed by atoms with Crippen LogP contribution in [0.3, 0.4) is 0 Å². The Balaban J connectivity index is 3.49. The normalized spacial score (nSPS) is 11.6. The SMILES string of the molecule is C=CCN(CCC)S(=O)(=O)c1cc(Cl)cc(C(=O)O)c1F. The maximum absolute atomic E-state index is 14.2. The van der Waals surface area contributed by atoms with Gasteiger partial charge in [0.1, 0.15) is 4.90 Å². The quantitative estimate of drug-likeness (QED) is 0.777. The number of benzene rings is 1. The van der Waals surface area contributed by atoms with E-state index in [9.17, 15) is 17.6 Å². The number of nitrogens with zero attached hydrogens (tertiary/aromatic N) is 1. The van der Waals surface area contributed by atoms with E-state index in [1.165, 1.54) is 6.08 Å². The lowest BCUT2D eigenvalue weighted by Gasteiger charge is -2.20. The Morgan fingerprint density at radius 3 is 2.62 bits per heavy atom. The van der Waals surface area contributed by atoms with E-state index >= 15 is 0 Å². The van der Waals surface area contributed by atoms with Gasteiger partial charge in [0.15, 0.2) is 5.82 Å². The van der Waals surface area contributed by atoms with Crippen LogP contribution < -0.4 is 0 Å². The minimum atomic E-state index is -4.20. The molecule has 0 aromatic heterocycles. The molecule has 0 aliphatic heterocycles. The van der Waals surface area contributed by atoms with E-state index in [-0.39, 0.29) is 18.1 Å². The van der Waals surface area contributed by atoms with Crippen molar-refractivity contribution in [3.05, 3.63) is 41.2 Å². The van der Waals surface area contributed by atoms with Gasteiger partial charge in [-0.05, 0) is 18.6 Å². The molecule has 1 N–H and O–H groups in total. The third kappa shape index (κ3) is 3.81. The fraction of sp³-hybridized carbons (Fsp3) is 0.308. The van der Waals surface area contributed by atoms with Gasteiger partial charge in [0, 0.05) is 18.1 Å². The average Bonchev–Trinajstić information content (AvgIpc) is 2.40. The van der Waals surface area contributed by atoms with Gasteiger partial charge in [0.2, 0.25) is 10.0 Å². The molecule has 5 nitrogen and oxygen atoms in total. The summed E-state index contributed by atoms with van der Waals surface area (Å²) < 4.78 is 40.1. The molecule has 0 saturated carbocycles. The van der Waals surface area contributed by atoms with Gasteiger partial charge in [-0.25, -0.2) is 17.6 Å². The van der Waals surface area contributed by atoms with Crippen molar-refractivity contribution in [1.29, 1.82) is 0 Å². The number of halogens is 2. The van der Waals surface area contributed by atoms with Crippen LogP contribution >= 0.6 is 11.6 Å². The number of rotatable bonds is 7. The minimum absolute atomic E-state index is 0.00939. The molecule has 116 valence electrons. The lowest BCUT2D eigenvalue weighted by Crippen LogP contribution is -2.33. The maximum Gasteiger partial charge on any atom is 0.338 e. The van der Waals surface area contributed by atoms with Crippen molar-refractivity contribution < 1.29 is 22.7 Å². The summed E-state index contributed by atoms with van der Waals surface area (Å²) >= 11 is 5.70. The molecule has 0 radical (unpaired) electrons. The number of hydrogen-bond donors (Lipinski definition) is 1. The lowest BCUT2D eigenvalue weighted by molar-refractivity contribution is 0.0691. The molecule has 0 unspecified atom stereocenters. The standard InChI is InChI=1S/C13H15ClFNO4S/c1-3-5-16(6-4-2)21(19,20)11-8-9(14)7-10(12(11)15)13(17)18/h3,7-8H,1,4-6H2,2H3,(H,17,18).